The molecule has 0 radical (unpaired) electrons. The van der Waals surface area contributed by atoms with Crippen LogP contribution in [0.4, 0.5) is 0 Å². The summed E-state index contributed by atoms with van der Waals surface area (Å²) in [5.74, 6) is 0.186. The third-order valence-corrected chi connectivity index (χ3v) is 3.03. The summed E-state index contributed by atoms with van der Waals surface area (Å²) in [7, 11) is 0. The van der Waals surface area contributed by atoms with Crippen LogP contribution in [0.5, 0.6) is 5.75 Å². The fraction of sp³-hybridized carbons (Fsp3) is 0.125. The highest BCUT2D eigenvalue weighted by atomic mass is 35.5. The molecule has 0 unspecified atom stereocenters. The number of amidine groups is 1. The SMILES string of the molecule is Cc1cccc(C(N)=[NH+]OC(=O)COc2ccc(Cl)cc2)c1. The number of nitrogen functional groups attached to an aromatic ring is 1. The van der Waals surface area contributed by atoms with Crippen molar-refractivity contribution in [2.45, 2.75) is 6.92 Å². The first kappa shape index (κ1) is 15.9. The molecule has 0 fully saturated rings. The molecule has 2 aromatic carbocycles. The number of hydrogen-bond acceptors (Lipinski definition) is 3. The smallest absolute Gasteiger partial charge is 0.394 e. The van der Waals surface area contributed by atoms with Gasteiger partial charge in [0, 0.05) is 5.02 Å². The number of halogens is 1. The van der Waals surface area contributed by atoms with Crippen molar-refractivity contribution in [3.8, 4) is 5.75 Å². The fourth-order valence-electron chi connectivity index (χ4n) is 1.69. The van der Waals surface area contributed by atoms with Gasteiger partial charge in [0.25, 0.3) is 0 Å². The molecule has 0 bridgehead atoms. The number of nitrogens with one attached hydrogen (secondary N) is 1. The average molecular weight is 320 g/mol. The topological polar surface area (TPSA) is 75.5 Å². The van der Waals surface area contributed by atoms with E-state index in [1.54, 1.807) is 24.3 Å². The molecule has 0 amide bonds. The molecular weight excluding hydrogens is 304 g/mol. The Bertz CT molecular complexity index is 684. The largest absolute Gasteiger partial charge is 0.482 e. The molecule has 0 aliphatic rings. The third kappa shape index (κ3) is 4.79. The van der Waals surface area contributed by atoms with Crippen LogP contribution in [0, 0.1) is 6.92 Å². The summed E-state index contributed by atoms with van der Waals surface area (Å²) in [5, 5.41) is 3.01. The van der Waals surface area contributed by atoms with E-state index >= 15 is 0 Å². The Morgan fingerprint density at radius 1 is 1.23 bits per heavy atom. The maximum absolute atomic E-state index is 11.6. The maximum atomic E-state index is 11.6. The lowest BCUT2D eigenvalue weighted by atomic mass is 10.1. The van der Waals surface area contributed by atoms with E-state index in [9.17, 15) is 4.79 Å². The zero-order chi connectivity index (χ0) is 15.9. The van der Waals surface area contributed by atoms with Gasteiger partial charge < -0.3 is 4.74 Å². The monoisotopic (exact) mass is 319 g/mol. The van der Waals surface area contributed by atoms with Gasteiger partial charge in [-0.05, 0) is 43.3 Å². The summed E-state index contributed by atoms with van der Waals surface area (Å²) in [6.07, 6.45) is 0. The van der Waals surface area contributed by atoms with Crippen LogP contribution < -0.4 is 15.6 Å². The highest BCUT2D eigenvalue weighted by Gasteiger charge is 2.09. The number of carbonyl (C=O) groups is 1. The number of benzene rings is 2. The van der Waals surface area contributed by atoms with Crippen molar-refractivity contribution in [2.24, 2.45) is 5.73 Å². The van der Waals surface area contributed by atoms with Gasteiger partial charge in [0.05, 0.1) is 5.56 Å². The zero-order valence-electron chi connectivity index (χ0n) is 12.0. The molecule has 3 N–H and O–H groups in total. The second-order valence-corrected chi connectivity index (χ2v) is 5.04. The molecule has 0 aromatic heterocycles. The van der Waals surface area contributed by atoms with E-state index in [1.165, 1.54) is 0 Å². The van der Waals surface area contributed by atoms with Gasteiger partial charge in [-0.15, -0.1) is 0 Å². The number of ether oxygens (including phenoxy) is 1. The van der Waals surface area contributed by atoms with Crippen molar-refractivity contribution in [1.29, 1.82) is 0 Å². The molecule has 0 heterocycles. The van der Waals surface area contributed by atoms with Crippen LogP contribution in [0.15, 0.2) is 48.5 Å². The number of rotatable bonds is 5. The highest BCUT2D eigenvalue weighted by Crippen LogP contribution is 2.15. The predicted molar refractivity (Wildman–Crippen MR) is 83.5 cm³/mol. The fourth-order valence-corrected chi connectivity index (χ4v) is 1.81. The van der Waals surface area contributed by atoms with E-state index in [-0.39, 0.29) is 12.4 Å². The van der Waals surface area contributed by atoms with E-state index in [4.69, 9.17) is 26.9 Å². The van der Waals surface area contributed by atoms with Gasteiger partial charge in [-0.3, -0.25) is 10.6 Å². The third-order valence-electron chi connectivity index (χ3n) is 2.77. The molecule has 6 heteroatoms. The zero-order valence-corrected chi connectivity index (χ0v) is 12.8. The molecular formula is C16H16ClN2O3+. The molecule has 0 aliphatic carbocycles. The summed E-state index contributed by atoms with van der Waals surface area (Å²) in [5.41, 5.74) is 7.61. The Morgan fingerprint density at radius 3 is 2.64 bits per heavy atom. The molecule has 114 valence electrons. The van der Waals surface area contributed by atoms with E-state index in [0.717, 1.165) is 11.1 Å². The van der Waals surface area contributed by atoms with E-state index < -0.39 is 5.97 Å². The van der Waals surface area contributed by atoms with Gasteiger partial charge in [0.15, 0.2) is 6.61 Å². The Labute approximate surface area is 133 Å². The lowest BCUT2D eigenvalue weighted by molar-refractivity contribution is -0.724. The van der Waals surface area contributed by atoms with Gasteiger partial charge in [-0.25, -0.2) is 4.79 Å². The number of aryl methyl sites for hydroxylation is 1. The summed E-state index contributed by atoms with van der Waals surface area (Å²) in [6, 6.07) is 14.2. The maximum Gasteiger partial charge on any atom is 0.394 e. The van der Waals surface area contributed by atoms with Gasteiger partial charge in [0.1, 0.15) is 5.75 Å². The molecule has 2 aromatic rings. The van der Waals surface area contributed by atoms with E-state index in [0.29, 0.717) is 10.8 Å². The van der Waals surface area contributed by atoms with Gasteiger partial charge in [-0.2, -0.15) is 0 Å². The molecule has 0 saturated heterocycles. The Morgan fingerprint density at radius 2 is 1.95 bits per heavy atom. The first-order valence-corrected chi connectivity index (χ1v) is 6.96. The van der Waals surface area contributed by atoms with E-state index in [2.05, 4.69) is 5.16 Å². The van der Waals surface area contributed by atoms with Crippen molar-refractivity contribution in [2.75, 3.05) is 6.61 Å². The lowest BCUT2D eigenvalue weighted by Gasteiger charge is -2.03. The summed E-state index contributed by atoms with van der Waals surface area (Å²) < 4.78 is 5.26. The Hall–Kier alpha value is -2.53. The lowest BCUT2D eigenvalue weighted by Crippen LogP contribution is -2.76. The van der Waals surface area contributed by atoms with Crippen LogP contribution >= 0.6 is 11.6 Å². The van der Waals surface area contributed by atoms with Crippen LogP contribution in [0.1, 0.15) is 11.1 Å². The standard InChI is InChI=1S/C16H15ClN2O3/c1-11-3-2-4-12(9-11)16(18)19-22-15(20)10-21-14-7-5-13(17)6-8-14/h2-9H,10H2,1H3,(H2,18,19)/p+1. The van der Waals surface area contributed by atoms with E-state index in [1.807, 2.05) is 31.2 Å². The second kappa shape index (κ2) is 7.47. The number of hydrogen-bond donors (Lipinski definition) is 2. The van der Waals surface area contributed by atoms with Crippen molar-refractivity contribution >= 4 is 23.4 Å². The van der Waals surface area contributed by atoms with Gasteiger partial charge in [-0.1, -0.05) is 34.5 Å². The molecule has 2 rings (SSSR count). The second-order valence-electron chi connectivity index (χ2n) is 4.60. The number of carbonyl (C=O) groups excluding carboxylic acids is 1. The highest BCUT2D eigenvalue weighted by molar-refractivity contribution is 6.30. The quantitative estimate of drug-likeness (QED) is 0.373. The van der Waals surface area contributed by atoms with Crippen molar-refractivity contribution in [1.82, 2.24) is 0 Å². The predicted octanol–water partition coefficient (Wildman–Crippen LogP) is 0.972. The summed E-state index contributed by atoms with van der Waals surface area (Å²) >= 11 is 5.75. The minimum Gasteiger partial charge on any atom is -0.482 e. The summed E-state index contributed by atoms with van der Waals surface area (Å²) in [6.45, 7) is 1.71. The minimum atomic E-state index is -0.592. The first-order chi connectivity index (χ1) is 10.5. The van der Waals surface area contributed by atoms with Gasteiger partial charge in [0.2, 0.25) is 0 Å². The van der Waals surface area contributed by atoms with Crippen LogP contribution in [0.25, 0.3) is 0 Å². The molecule has 0 spiro atoms. The summed E-state index contributed by atoms with van der Waals surface area (Å²) in [4.78, 5) is 16.4. The Kier molecular flexibility index (Phi) is 5.38. The van der Waals surface area contributed by atoms with Crippen LogP contribution in [-0.4, -0.2) is 18.4 Å². The molecule has 0 atom stereocenters. The first-order valence-electron chi connectivity index (χ1n) is 6.58. The van der Waals surface area contributed by atoms with Crippen LogP contribution in [-0.2, 0) is 9.63 Å². The van der Waals surface area contributed by atoms with Crippen molar-refractivity contribution < 1.29 is 19.5 Å². The minimum absolute atomic E-state index is 0.240. The molecule has 5 nitrogen and oxygen atoms in total. The Balaban J connectivity index is 1.86. The normalized spacial score (nSPS) is 11.1. The molecule has 22 heavy (non-hydrogen) atoms. The molecule has 0 saturated carbocycles. The molecule has 0 aliphatic heterocycles. The average Bonchev–Trinajstić information content (AvgIpc) is 2.52. The van der Waals surface area contributed by atoms with Crippen LogP contribution in [0.2, 0.25) is 5.02 Å². The van der Waals surface area contributed by atoms with Crippen LogP contribution in [0.3, 0.4) is 0 Å². The van der Waals surface area contributed by atoms with Gasteiger partial charge >= 0.3 is 11.8 Å². The van der Waals surface area contributed by atoms with Crippen molar-refractivity contribution in [3.63, 3.8) is 0 Å². The number of nitrogens with two attached hydrogens (primary N) is 1. The van der Waals surface area contributed by atoms with Crippen molar-refractivity contribution in [3.05, 3.63) is 64.7 Å².